The molecule has 0 atom stereocenters. The van der Waals surface area contributed by atoms with Crippen LogP contribution >= 0.6 is 0 Å². The van der Waals surface area contributed by atoms with Gasteiger partial charge in [0, 0.05) is 25.2 Å². The van der Waals surface area contributed by atoms with Crippen LogP contribution in [-0.4, -0.2) is 44.5 Å². The number of imidazole rings is 1. The second kappa shape index (κ2) is 6.87. The van der Waals surface area contributed by atoms with Gasteiger partial charge in [-0.2, -0.15) is 0 Å². The van der Waals surface area contributed by atoms with Gasteiger partial charge in [-0.15, -0.1) is 0 Å². The lowest BCUT2D eigenvalue weighted by Gasteiger charge is -2.15. The van der Waals surface area contributed by atoms with E-state index in [0.717, 1.165) is 48.4 Å². The third-order valence-corrected chi connectivity index (χ3v) is 5.12. The number of likely N-dealkylation sites (tertiary alicyclic amines) is 1. The predicted molar refractivity (Wildman–Crippen MR) is 102 cm³/mol. The monoisotopic (exact) mass is 363 g/mol. The van der Waals surface area contributed by atoms with Crippen LogP contribution in [0, 0.1) is 6.92 Å². The molecule has 6 nitrogen and oxygen atoms in total. The third-order valence-electron chi connectivity index (χ3n) is 5.12. The van der Waals surface area contributed by atoms with E-state index < -0.39 is 5.97 Å². The number of benzene rings is 2. The van der Waals surface area contributed by atoms with Crippen molar-refractivity contribution >= 4 is 22.9 Å². The number of carbonyl (C=O) groups excluding carboxylic acids is 1. The van der Waals surface area contributed by atoms with E-state index >= 15 is 0 Å². The van der Waals surface area contributed by atoms with Crippen molar-refractivity contribution in [2.45, 2.75) is 26.3 Å². The number of rotatable bonds is 4. The lowest BCUT2D eigenvalue weighted by atomic mass is 10.1. The molecule has 0 spiro atoms. The summed E-state index contributed by atoms with van der Waals surface area (Å²) >= 11 is 0. The fourth-order valence-corrected chi connectivity index (χ4v) is 3.61. The number of carbonyl (C=O) groups is 2. The molecular formula is C21H21N3O3. The van der Waals surface area contributed by atoms with Gasteiger partial charge in [-0.1, -0.05) is 12.1 Å². The van der Waals surface area contributed by atoms with E-state index in [0.29, 0.717) is 12.1 Å². The molecule has 3 aromatic rings. The molecule has 1 amide bonds. The van der Waals surface area contributed by atoms with Crippen molar-refractivity contribution in [3.63, 3.8) is 0 Å². The maximum atomic E-state index is 12.7. The van der Waals surface area contributed by atoms with Gasteiger partial charge in [0.1, 0.15) is 5.82 Å². The molecule has 4 rings (SSSR count). The molecule has 1 N–H and O–H groups in total. The average molecular weight is 363 g/mol. The Hall–Kier alpha value is -3.15. The highest BCUT2D eigenvalue weighted by molar-refractivity contribution is 5.97. The van der Waals surface area contributed by atoms with E-state index in [9.17, 15) is 9.59 Å². The minimum Gasteiger partial charge on any atom is -0.478 e. The Bertz CT molecular complexity index is 1020. The maximum absolute atomic E-state index is 12.7. The fraction of sp³-hybridized carbons (Fsp3) is 0.286. The van der Waals surface area contributed by atoms with Crippen LogP contribution in [0.3, 0.4) is 0 Å². The van der Waals surface area contributed by atoms with Gasteiger partial charge in [0.05, 0.1) is 16.6 Å². The van der Waals surface area contributed by atoms with Crippen LogP contribution in [0.25, 0.3) is 11.0 Å². The summed E-state index contributed by atoms with van der Waals surface area (Å²) in [6.07, 6.45) is 2.13. The molecule has 0 bridgehead atoms. The van der Waals surface area contributed by atoms with Gasteiger partial charge in [0.2, 0.25) is 0 Å². The Morgan fingerprint density at radius 1 is 1.04 bits per heavy atom. The molecular weight excluding hydrogens is 342 g/mol. The molecule has 2 aromatic carbocycles. The quantitative estimate of drug-likeness (QED) is 0.771. The Morgan fingerprint density at radius 2 is 1.70 bits per heavy atom. The Kier molecular flexibility index (Phi) is 4.39. The summed E-state index contributed by atoms with van der Waals surface area (Å²) in [4.78, 5) is 30.2. The summed E-state index contributed by atoms with van der Waals surface area (Å²) in [5.74, 6) is -0.000394. The number of aromatic carboxylic acids is 1. The number of aromatic nitrogens is 2. The Labute approximate surface area is 157 Å². The van der Waals surface area contributed by atoms with Gasteiger partial charge in [-0.05, 0) is 55.7 Å². The van der Waals surface area contributed by atoms with Gasteiger partial charge >= 0.3 is 5.97 Å². The molecule has 1 aromatic heterocycles. The molecule has 1 aliphatic heterocycles. The molecule has 2 heterocycles. The summed E-state index contributed by atoms with van der Waals surface area (Å²) < 4.78 is 2.06. The van der Waals surface area contributed by atoms with Crippen LogP contribution in [0.2, 0.25) is 0 Å². The van der Waals surface area contributed by atoms with Crippen molar-refractivity contribution in [2.24, 2.45) is 0 Å². The third kappa shape index (κ3) is 3.30. The number of nitrogens with zero attached hydrogens (tertiary/aromatic N) is 3. The second-order valence-electron chi connectivity index (χ2n) is 6.95. The van der Waals surface area contributed by atoms with Crippen LogP contribution in [0.1, 0.15) is 44.9 Å². The summed E-state index contributed by atoms with van der Waals surface area (Å²) in [7, 11) is 0. The lowest BCUT2D eigenvalue weighted by molar-refractivity contribution is 0.0696. The normalized spacial score (nSPS) is 14.0. The predicted octanol–water partition coefficient (Wildman–Crippen LogP) is 3.33. The number of hydrogen-bond acceptors (Lipinski definition) is 3. The molecule has 1 fully saturated rings. The van der Waals surface area contributed by atoms with Crippen molar-refractivity contribution in [2.75, 3.05) is 13.1 Å². The topological polar surface area (TPSA) is 75.4 Å². The first kappa shape index (κ1) is 17.3. The first-order chi connectivity index (χ1) is 13.0. The zero-order valence-corrected chi connectivity index (χ0v) is 15.2. The smallest absolute Gasteiger partial charge is 0.335 e. The molecule has 0 radical (unpaired) electrons. The van der Waals surface area contributed by atoms with E-state index in [1.807, 2.05) is 42.2 Å². The molecule has 6 heteroatoms. The van der Waals surface area contributed by atoms with Crippen LogP contribution in [0.4, 0.5) is 0 Å². The first-order valence-electron chi connectivity index (χ1n) is 9.11. The molecule has 138 valence electrons. The first-order valence-corrected chi connectivity index (χ1v) is 9.11. The Balaban J connectivity index is 1.67. The molecule has 1 saturated heterocycles. The van der Waals surface area contributed by atoms with Gasteiger partial charge in [0.25, 0.3) is 5.91 Å². The van der Waals surface area contributed by atoms with Crippen molar-refractivity contribution in [1.29, 1.82) is 0 Å². The summed E-state index contributed by atoms with van der Waals surface area (Å²) in [5.41, 5.74) is 3.71. The van der Waals surface area contributed by atoms with Crippen LogP contribution in [-0.2, 0) is 6.54 Å². The van der Waals surface area contributed by atoms with Gasteiger partial charge in [0.15, 0.2) is 0 Å². The lowest BCUT2D eigenvalue weighted by Crippen LogP contribution is -2.27. The van der Waals surface area contributed by atoms with E-state index in [2.05, 4.69) is 9.55 Å². The number of hydrogen-bond donors (Lipinski definition) is 1. The minimum atomic E-state index is -0.934. The van der Waals surface area contributed by atoms with Crippen molar-refractivity contribution in [3.05, 3.63) is 65.0 Å². The number of fused-ring (bicyclic) bond motifs is 1. The van der Waals surface area contributed by atoms with Gasteiger partial charge < -0.3 is 14.6 Å². The maximum Gasteiger partial charge on any atom is 0.335 e. The molecule has 1 aliphatic rings. The number of carboxylic acid groups (broad SMARTS) is 1. The summed E-state index contributed by atoms with van der Waals surface area (Å²) in [6.45, 7) is 4.16. The largest absolute Gasteiger partial charge is 0.478 e. The van der Waals surface area contributed by atoms with E-state index in [-0.39, 0.29) is 11.5 Å². The average Bonchev–Trinajstić information content (AvgIpc) is 3.30. The van der Waals surface area contributed by atoms with Crippen LogP contribution in [0.5, 0.6) is 0 Å². The summed E-state index contributed by atoms with van der Waals surface area (Å²) in [6, 6.07) is 12.5. The van der Waals surface area contributed by atoms with E-state index in [1.54, 1.807) is 12.1 Å². The van der Waals surface area contributed by atoms with Crippen molar-refractivity contribution in [3.8, 4) is 0 Å². The highest BCUT2D eigenvalue weighted by Crippen LogP contribution is 2.21. The van der Waals surface area contributed by atoms with E-state index in [1.165, 1.54) is 0 Å². The zero-order chi connectivity index (χ0) is 19.0. The molecule has 27 heavy (non-hydrogen) atoms. The minimum absolute atomic E-state index is 0.0746. The number of carboxylic acids is 1. The SMILES string of the molecule is Cc1nc2ccc(C(=O)N3CCCC3)cc2n1Cc1ccc(C(=O)O)cc1. The Morgan fingerprint density at radius 3 is 2.37 bits per heavy atom. The standard InChI is InChI=1S/C21H21N3O3/c1-14-22-18-9-8-17(20(25)23-10-2-3-11-23)12-19(18)24(14)13-15-4-6-16(7-5-15)21(26)27/h4-9,12H,2-3,10-11,13H2,1H3,(H,26,27). The molecule has 0 aliphatic carbocycles. The van der Waals surface area contributed by atoms with Crippen LogP contribution in [0.15, 0.2) is 42.5 Å². The van der Waals surface area contributed by atoms with E-state index in [4.69, 9.17) is 5.11 Å². The van der Waals surface area contributed by atoms with Crippen LogP contribution < -0.4 is 0 Å². The fourth-order valence-electron chi connectivity index (χ4n) is 3.61. The number of amides is 1. The molecule has 0 unspecified atom stereocenters. The van der Waals surface area contributed by atoms with Crippen molar-refractivity contribution in [1.82, 2.24) is 14.5 Å². The summed E-state index contributed by atoms with van der Waals surface area (Å²) in [5, 5.41) is 9.04. The van der Waals surface area contributed by atoms with Gasteiger partial charge in [-0.25, -0.2) is 9.78 Å². The highest BCUT2D eigenvalue weighted by atomic mass is 16.4. The van der Waals surface area contributed by atoms with Crippen molar-refractivity contribution < 1.29 is 14.7 Å². The van der Waals surface area contributed by atoms with Gasteiger partial charge in [-0.3, -0.25) is 4.79 Å². The highest BCUT2D eigenvalue weighted by Gasteiger charge is 2.20. The molecule has 0 saturated carbocycles. The number of aryl methyl sites for hydroxylation is 1. The second-order valence-corrected chi connectivity index (χ2v) is 6.95. The zero-order valence-electron chi connectivity index (χ0n) is 15.2.